The summed E-state index contributed by atoms with van der Waals surface area (Å²) in [6.45, 7) is 8.36. The second-order valence-electron chi connectivity index (χ2n) is 5.37. The standard InChI is InChI=1S/C16H24N2O3/c1-3-21-16-11-14(5-6-15(16)20)12-17-7-4-8-18(10-9-17)13(2)19/h5-6,11,20H,3-4,7-10,12H2,1-2H3. The van der Waals surface area contributed by atoms with E-state index < -0.39 is 0 Å². The molecule has 116 valence electrons. The summed E-state index contributed by atoms with van der Waals surface area (Å²) in [6.07, 6.45) is 0.996. The van der Waals surface area contributed by atoms with Crippen LogP contribution in [0.2, 0.25) is 0 Å². The zero-order valence-electron chi connectivity index (χ0n) is 12.8. The molecule has 1 saturated heterocycles. The number of amides is 1. The minimum Gasteiger partial charge on any atom is -0.504 e. The molecule has 0 bridgehead atoms. The molecule has 1 fully saturated rings. The summed E-state index contributed by atoms with van der Waals surface area (Å²) in [5, 5.41) is 9.73. The van der Waals surface area contributed by atoms with E-state index in [0.29, 0.717) is 12.4 Å². The van der Waals surface area contributed by atoms with Gasteiger partial charge in [0.1, 0.15) is 0 Å². The topological polar surface area (TPSA) is 53.0 Å². The van der Waals surface area contributed by atoms with E-state index >= 15 is 0 Å². The van der Waals surface area contributed by atoms with Crippen LogP contribution in [-0.2, 0) is 11.3 Å². The van der Waals surface area contributed by atoms with Gasteiger partial charge in [-0.3, -0.25) is 9.69 Å². The molecule has 1 N–H and O–H groups in total. The molecule has 1 aromatic carbocycles. The maximum absolute atomic E-state index is 11.4. The number of benzene rings is 1. The van der Waals surface area contributed by atoms with Gasteiger partial charge in [-0.05, 0) is 31.0 Å². The van der Waals surface area contributed by atoms with Gasteiger partial charge < -0.3 is 14.7 Å². The molecule has 0 atom stereocenters. The van der Waals surface area contributed by atoms with Crippen LogP contribution in [0.15, 0.2) is 18.2 Å². The van der Waals surface area contributed by atoms with Crippen molar-refractivity contribution < 1.29 is 14.6 Å². The minimum absolute atomic E-state index is 0.153. The van der Waals surface area contributed by atoms with E-state index in [2.05, 4.69) is 4.90 Å². The first kappa shape index (κ1) is 15.6. The van der Waals surface area contributed by atoms with Gasteiger partial charge in [-0.15, -0.1) is 0 Å². The van der Waals surface area contributed by atoms with Crippen LogP contribution >= 0.6 is 0 Å². The molecule has 1 aliphatic heterocycles. The van der Waals surface area contributed by atoms with Gasteiger partial charge in [0.15, 0.2) is 11.5 Å². The predicted octanol–water partition coefficient (Wildman–Crippen LogP) is 1.85. The Morgan fingerprint density at radius 2 is 2.10 bits per heavy atom. The Bertz CT molecular complexity index is 490. The first-order valence-corrected chi connectivity index (χ1v) is 7.52. The largest absolute Gasteiger partial charge is 0.504 e. The van der Waals surface area contributed by atoms with Crippen molar-refractivity contribution in [3.63, 3.8) is 0 Å². The summed E-state index contributed by atoms with van der Waals surface area (Å²) >= 11 is 0. The van der Waals surface area contributed by atoms with Crippen LogP contribution in [0.4, 0.5) is 0 Å². The summed E-state index contributed by atoms with van der Waals surface area (Å²) < 4.78 is 5.42. The number of rotatable bonds is 4. The molecule has 0 spiro atoms. The predicted molar refractivity (Wildman–Crippen MR) is 81.4 cm³/mol. The van der Waals surface area contributed by atoms with Crippen molar-refractivity contribution in [3.8, 4) is 11.5 Å². The zero-order chi connectivity index (χ0) is 15.2. The Labute approximate surface area is 126 Å². The normalized spacial score (nSPS) is 16.6. The van der Waals surface area contributed by atoms with E-state index in [1.54, 1.807) is 13.0 Å². The van der Waals surface area contributed by atoms with Crippen LogP contribution in [-0.4, -0.2) is 53.6 Å². The van der Waals surface area contributed by atoms with Crippen LogP contribution in [0.5, 0.6) is 11.5 Å². The van der Waals surface area contributed by atoms with E-state index in [4.69, 9.17) is 4.74 Å². The van der Waals surface area contributed by atoms with E-state index in [-0.39, 0.29) is 11.7 Å². The molecule has 1 aliphatic rings. The summed E-state index contributed by atoms with van der Waals surface area (Å²) in [5.74, 6) is 0.870. The van der Waals surface area contributed by atoms with E-state index in [1.807, 2.05) is 24.0 Å². The molecule has 1 amide bonds. The Hall–Kier alpha value is -1.75. The fourth-order valence-electron chi connectivity index (χ4n) is 2.63. The highest BCUT2D eigenvalue weighted by Crippen LogP contribution is 2.27. The van der Waals surface area contributed by atoms with Crippen LogP contribution < -0.4 is 4.74 Å². The van der Waals surface area contributed by atoms with Gasteiger partial charge in [0.05, 0.1) is 6.61 Å². The lowest BCUT2D eigenvalue weighted by molar-refractivity contribution is -0.128. The first-order valence-electron chi connectivity index (χ1n) is 7.52. The summed E-state index contributed by atoms with van der Waals surface area (Å²) in [5.41, 5.74) is 1.12. The molecule has 1 heterocycles. The van der Waals surface area contributed by atoms with Crippen molar-refractivity contribution in [1.29, 1.82) is 0 Å². The lowest BCUT2D eigenvalue weighted by atomic mass is 10.2. The van der Waals surface area contributed by atoms with E-state index in [1.165, 1.54) is 0 Å². The fraction of sp³-hybridized carbons (Fsp3) is 0.562. The van der Waals surface area contributed by atoms with Crippen molar-refractivity contribution in [2.75, 3.05) is 32.8 Å². The smallest absolute Gasteiger partial charge is 0.219 e. The summed E-state index contributed by atoms with van der Waals surface area (Å²) in [6, 6.07) is 5.50. The molecule has 5 nitrogen and oxygen atoms in total. The number of carbonyl (C=O) groups is 1. The van der Waals surface area contributed by atoms with Crippen LogP contribution in [0.25, 0.3) is 0 Å². The average Bonchev–Trinajstić information content (AvgIpc) is 2.68. The third kappa shape index (κ3) is 4.36. The van der Waals surface area contributed by atoms with Crippen molar-refractivity contribution in [2.45, 2.75) is 26.8 Å². The van der Waals surface area contributed by atoms with Crippen molar-refractivity contribution in [2.24, 2.45) is 0 Å². The van der Waals surface area contributed by atoms with Gasteiger partial charge in [0, 0.05) is 39.6 Å². The van der Waals surface area contributed by atoms with Gasteiger partial charge in [0.2, 0.25) is 5.91 Å². The number of phenolic OH excluding ortho intramolecular Hbond substituents is 1. The highest BCUT2D eigenvalue weighted by molar-refractivity contribution is 5.73. The quantitative estimate of drug-likeness (QED) is 0.920. The fourth-order valence-corrected chi connectivity index (χ4v) is 2.63. The zero-order valence-corrected chi connectivity index (χ0v) is 12.8. The van der Waals surface area contributed by atoms with Gasteiger partial charge >= 0.3 is 0 Å². The van der Waals surface area contributed by atoms with E-state index in [0.717, 1.165) is 44.7 Å². The number of hydrogen-bond acceptors (Lipinski definition) is 4. The number of aromatic hydroxyl groups is 1. The molecule has 0 aliphatic carbocycles. The minimum atomic E-state index is 0.153. The second-order valence-corrected chi connectivity index (χ2v) is 5.37. The molecule has 2 rings (SSSR count). The maximum atomic E-state index is 11.4. The number of nitrogens with zero attached hydrogens (tertiary/aromatic N) is 2. The second kappa shape index (κ2) is 7.31. The van der Waals surface area contributed by atoms with Gasteiger partial charge in [-0.2, -0.15) is 0 Å². The molecule has 21 heavy (non-hydrogen) atoms. The van der Waals surface area contributed by atoms with Crippen LogP contribution in [0.3, 0.4) is 0 Å². The molecule has 0 radical (unpaired) electrons. The van der Waals surface area contributed by atoms with Crippen LogP contribution in [0.1, 0.15) is 25.8 Å². The molecule has 0 aromatic heterocycles. The Morgan fingerprint density at radius 3 is 2.81 bits per heavy atom. The monoisotopic (exact) mass is 292 g/mol. The lowest BCUT2D eigenvalue weighted by Crippen LogP contribution is -2.33. The molecular weight excluding hydrogens is 268 g/mol. The number of hydrogen-bond donors (Lipinski definition) is 1. The molecule has 0 unspecified atom stereocenters. The average molecular weight is 292 g/mol. The number of ether oxygens (including phenoxy) is 1. The SMILES string of the molecule is CCOc1cc(CN2CCCN(C(C)=O)CC2)ccc1O. The van der Waals surface area contributed by atoms with Crippen LogP contribution in [0, 0.1) is 0 Å². The molecule has 5 heteroatoms. The highest BCUT2D eigenvalue weighted by Gasteiger charge is 2.17. The first-order chi connectivity index (χ1) is 10.1. The summed E-state index contributed by atoms with van der Waals surface area (Å²) in [7, 11) is 0. The van der Waals surface area contributed by atoms with Crippen molar-refractivity contribution >= 4 is 5.91 Å². The molecule has 0 saturated carbocycles. The van der Waals surface area contributed by atoms with Gasteiger partial charge in [-0.1, -0.05) is 6.07 Å². The van der Waals surface area contributed by atoms with E-state index in [9.17, 15) is 9.90 Å². The molecular formula is C16H24N2O3. The Morgan fingerprint density at radius 1 is 1.29 bits per heavy atom. The Kier molecular flexibility index (Phi) is 5.44. The van der Waals surface area contributed by atoms with Crippen molar-refractivity contribution in [1.82, 2.24) is 9.80 Å². The molecule has 1 aromatic rings. The number of carbonyl (C=O) groups excluding carboxylic acids is 1. The maximum Gasteiger partial charge on any atom is 0.219 e. The van der Waals surface area contributed by atoms with Gasteiger partial charge in [0.25, 0.3) is 0 Å². The number of phenols is 1. The third-order valence-electron chi connectivity index (χ3n) is 3.76. The Balaban J connectivity index is 1.98. The highest BCUT2D eigenvalue weighted by atomic mass is 16.5. The van der Waals surface area contributed by atoms with Crippen molar-refractivity contribution in [3.05, 3.63) is 23.8 Å². The lowest BCUT2D eigenvalue weighted by Gasteiger charge is -2.21. The van der Waals surface area contributed by atoms with Gasteiger partial charge in [-0.25, -0.2) is 0 Å². The summed E-state index contributed by atoms with van der Waals surface area (Å²) in [4.78, 5) is 15.7. The third-order valence-corrected chi connectivity index (χ3v) is 3.76.